The number of fused-ring (bicyclic) bond motifs is 2. The second kappa shape index (κ2) is 11.3. The van der Waals surface area contributed by atoms with Gasteiger partial charge < -0.3 is 19.9 Å². The topological polar surface area (TPSA) is 65.1 Å². The number of hydrogen-bond donors (Lipinski definition) is 1. The first-order chi connectivity index (χ1) is 16.5. The molecule has 0 aliphatic carbocycles. The Kier molecular flexibility index (Phi) is 8.24. The zero-order valence-electron chi connectivity index (χ0n) is 20.5. The molecule has 1 N–H and O–H groups in total. The van der Waals surface area contributed by atoms with Gasteiger partial charge in [0.25, 0.3) is 5.91 Å². The van der Waals surface area contributed by atoms with Gasteiger partial charge in [0, 0.05) is 36.0 Å². The Balaban J connectivity index is 1.53. The summed E-state index contributed by atoms with van der Waals surface area (Å²) in [5, 5.41) is 4.84. The highest BCUT2D eigenvalue weighted by Crippen LogP contribution is 2.43. The number of piperidine rings is 1. The summed E-state index contributed by atoms with van der Waals surface area (Å²) >= 11 is 1.50. The molecule has 1 fully saturated rings. The van der Waals surface area contributed by atoms with Crippen molar-refractivity contribution in [3.05, 3.63) is 40.1 Å². The summed E-state index contributed by atoms with van der Waals surface area (Å²) in [6.45, 7) is 11.4. The van der Waals surface area contributed by atoms with E-state index in [2.05, 4.69) is 24.1 Å². The van der Waals surface area contributed by atoms with Crippen molar-refractivity contribution in [3.8, 4) is 0 Å². The highest BCUT2D eigenvalue weighted by atomic mass is 32.1. The molecule has 0 radical (unpaired) electrons. The average Bonchev–Trinajstić information content (AvgIpc) is 3.17. The van der Waals surface area contributed by atoms with E-state index in [9.17, 15) is 9.59 Å². The second-order valence-electron chi connectivity index (χ2n) is 8.91. The number of rotatable bonds is 8. The second-order valence-corrected chi connectivity index (χ2v) is 10.00. The number of ether oxygens (including phenoxy) is 1. The van der Waals surface area contributed by atoms with Gasteiger partial charge in [-0.2, -0.15) is 0 Å². The lowest BCUT2D eigenvalue weighted by Gasteiger charge is -2.39. The number of para-hydroxylation sites is 2. The quantitative estimate of drug-likeness (QED) is 0.504. The van der Waals surface area contributed by atoms with Crippen molar-refractivity contribution < 1.29 is 14.3 Å². The summed E-state index contributed by atoms with van der Waals surface area (Å²) in [5.74, 6) is -0.168. The fourth-order valence-corrected chi connectivity index (χ4v) is 5.73. The summed E-state index contributed by atoms with van der Waals surface area (Å²) in [7, 11) is 0. The number of likely N-dealkylation sites (tertiary alicyclic amines) is 1. The van der Waals surface area contributed by atoms with Crippen LogP contribution in [0.2, 0.25) is 0 Å². The number of benzene rings is 1. The number of carbonyl (C=O) groups excluding carboxylic acids is 2. The summed E-state index contributed by atoms with van der Waals surface area (Å²) in [6, 6.07) is 7.64. The van der Waals surface area contributed by atoms with E-state index in [4.69, 9.17) is 4.74 Å². The molecule has 0 bridgehead atoms. The van der Waals surface area contributed by atoms with Crippen LogP contribution in [0.3, 0.4) is 0 Å². The summed E-state index contributed by atoms with van der Waals surface area (Å²) in [5.41, 5.74) is 2.65. The molecule has 1 aromatic heterocycles. The first kappa shape index (κ1) is 24.7. The molecule has 1 saturated heterocycles. The molecular weight excluding hydrogens is 448 g/mol. The Hall–Kier alpha value is -2.42. The van der Waals surface area contributed by atoms with E-state index in [1.165, 1.54) is 11.3 Å². The van der Waals surface area contributed by atoms with Crippen LogP contribution in [0.15, 0.2) is 29.6 Å². The Bertz CT molecular complexity index is 1000. The number of urea groups is 1. The number of carbonyl (C=O) groups is 2. The van der Waals surface area contributed by atoms with Crippen molar-refractivity contribution in [2.24, 2.45) is 0 Å². The molecule has 4 rings (SSSR count). The normalized spacial score (nSPS) is 17.9. The van der Waals surface area contributed by atoms with Crippen LogP contribution in [0.4, 0.5) is 21.9 Å². The minimum absolute atomic E-state index is 0.0560. The molecule has 7 nitrogen and oxygen atoms in total. The predicted molar refractivity (Wildman–Crippen MR) is 139 cm³/mol. The first-order valence-corrected chi connectivity index (χ1v) is 13.3. The van der Waals surface area contributed by atoms with Crippen molar-refractivity contribution in [2.45, 2.75) is 52.5 Å². The minimum Gasteiger partial charge on any atom is -0.380 e. The lowest BCUT2D eigenvalue weighted by Crippen LogP contribution is -2.49. The van der Waals surface area contributed by atoms with Crippen molar-refractivity contribution in [1.82, 2.24) is 9.80 Å². The Morgan fingerprint density at radius 1 is 1.21 bits per heavy atom. The zero-order valence-corrected chi connectivity index (χ0v) is 21.3. The first-order valence-electron chi connectivity index (χ1n) is 12.4. The highest BCUT2D eigenvalue weighted by Gasteiger charge is 2.37. The van der Waals surface area contributed by atoms with Crippen LogP contribution in [0.5, 0.6) is 0 Å². The zero-order chi connectivity index (χ0) is 24.1. The SMILES string of the molecule is CCN(CC)CCOCCC1CCCCN1C(=O)N1c2ccccc2NC(=O)c2csc(C)c21. The number of amides is 3. The lowest BCUT2D eigenvalue weighted by atomic mass is 10.00. The molecule has 3 heterocycles. The summed E-state index contributed by atoms with van der Waals surface area (Å²) in [4.78, 5) is 34.1. The molecule has 0 spiro atoms. The van der Waals surface area contributed by atoms with E-state index >= 15 is 0 Å². The van der Waals surface area contributed by atoms with Crippen LogP contribution < -0.4 is 10.2 Å². The van der Waals surface area contributed by atoms with Crippen LogP contribution in [0.1, 0.15) is 54.8 Å². The van der Waals surface area contributed by atoms with Gasteiger partial charge in [0.1, 0.15) is 0 Å². The van der Waals surface area contributed by atoms with E-state index in [1.807, 2.05) is 41.5 Å². The van der Waals surface area contributed by atoms with Gasteiger partial charge in [-0.3, -0.25) is 9.69 Å². The number of aryl methyl sites for hydroxylation is 1. The van der Waals surface area contributed by atoms with Crippen LogP contribution in [-0.4, -0.2) is 67.2 Å². The van der Waals surface area contributed by atoms with Crippen LogP contribution in [0, 0.1) is 6.92 Å². The van der Waals surface area contributed by atoms with E-state index < -0.39 is 0 Å². The number of anilines is 3. The summed E-state index contributed by atoms with van der Waals surface area (Å²) < 4.78 is 5.95. The molecule has 2 aliphatic heterocycles. The van der Waals surface area contributed by atoms with Crippen LogP contribution in [-0.2, 0) is 4.74 Å². The van der Waals surface area contributed by atoms with Gasteiger partial charge in [-0.1, -0.05) is 26.0 Å². The molecule has 184 valence electrons. The Morgan fingerprint density at radius 2 is 2.00 bits per heavy atom. The van der Waals surface area contributed by atoms with E-state index in [-0.39, 0.29) is 18.0 Å². The number of nitrogens with one attached hydrogen (secondary N) is 1. The van der Waals surface area contributed by atoms with Gasteiger partial charge in [-0.15, -0.1) is 11.3 Å². The largest absolute Gasteiger partial charge is 0.380 e. The molecular formula is C26H36N4O3S. The molecule has 1 atom stereocenters. The molecule has 2 aliphatic rings. The van der Waals surface area contributed by atoms with Gasteiger partial charge in [0.15, 0.2) is 0 Å². The van der Waals surface area contributed by atoms with Gasteiger partial charge in [-0.25, -0.2) is 4.79 Å². The third-order valence-electron chi connectivity index (χ3n) is 6.91. The smallest absolute Gasteiger partial charge is 0.329 e. The average molecular weight is 485 g/mol. The van der Waals surface area contributed by atoms with Crippen LogP contribution in [0.25, 0.3) is 0 Å². The maximum atomic E-state index is 14.1. The van der Waals surface area contributed by atoms with Crippen molar-refractivity contribution >= 4 is 40.3 Å². The highest BCUT2D eigenvalue weighted by molar-refractivity contribution is 7.11. The standard InChI is InChI=1S/C26H36N4O3S/c1-4-28(5-2)15-17-33-16-13-20-10-8-9-14-29(20)26(32)30-23-12-7-6-11-22(23)27-25(31)21-18-34-19(3)24(21)30/h6-7,11-12,18,20H,4-5,8-10,13-17H2,1-3H3,(H,27,31). The molecule has 8 heteroatoms. The lowest BCUT2D eigenvalue weighted by molar-refractivity contribution is 0.0797. The molecule has 0 saturated carbocycles. The van der Waals surface area contributed by atoms with Crippen molar-refractivity contribution in [1.29, 1.82) is 0 Å². The molecule has 1 aromatic carbocycles. The van der Waals surface area contributed by atoms with E-state index in [1.54, 1.807) is 4.90 Å². The Morgan fingerprint density at radius 3 is 2.79 bits per heavy atom. The third kappa shape index (κ3) is 5.14. The van der Waals surface area contributed by atoms with E-state index in [0.717, 1.165) is 62.4 Å². The number of likely N-dealkylation sites (N-methyl/N-ethyl adjacent to an activating group) is 1. The van der Waals surface area contributed by atoms with Crippen LogP contribution >= 0.6 is 11.3 Å². The number of thiophene rings is 1. The van der Waals surface area contributed by atoms with Gasteiger partial charge >= 0.3 is 6.03 Å². The molecule has 1 unspecified atom stereocenters. The predicted octanol–water partition coefficient (Wildman–Crippen LogP) is 5.48. The van der Waals surface area contributed by atoms with Gasteiger partial charge in [-0.05, 0) is 57.8 Å². The third-order valence-corrected chi connectivity index (χ3v) is 7.81. The molecule has 3 amide bonds. The molecule has 2 aromatic rings. The van der Waals surface area contributed by atoms with Crippen molar-refractivity contribution in [3.63, 3.8) is 0 Å². The van der Waals surface area contributed by atoms with E-state index in [0.29, 0.717) is 30.2 Å². The van der Waals surface area contributed by atoms with Gasteiger partial charge in [0.2, 0.25) is 0 Å². The maximum absolute atomic E-state index is 14.1. The van der Waals surface area contributed by atoms with Crippen molar-refractivity contribution in [2.75, 3.05) is 49.6 Å². The number of nitrogens with zero attached hydrogens (tertiary/aromatic N) is 3. The molecule has 34 heavy (non-hydrogen) atoms. The van der Waals surface area contributed by atoms with Gasteiger partial charge in [0.05, 0.1) is 29.2 Å². The number of hydrogen-bond acceptors (Lipinski definition) is 5. The monoisotopic (exact) mass is 484 g/mol. The fourth-order valence-electron chi connectivity index (χ4n) is 4.91. The summed E-state index contributed by atoms with van der Waals surface area (Å²) in [6.07, 6.45) is 3.92. The minimum atomic E-state index is -0.168. The maximum Gasteiger partial charge on any atom is 0.329 e. The fraction of sp³-hybridized carbons (Fsp3) is 0.538. The Labute approximate surface area is 206 Å².